The number of aryl methyl sites for hydroxylation is 1. The third-order valence-corrected chi connectivity index (χ3v) is 4.28. The number of hydrogen-bond acceptors (Lipinski definition) is 5. The van der Waals surface area contributed by atoms with Crippen LogP contribution in [0.15, 0.2) is 54.6 Å². The van der Waals surface area contributed by atoms with Crippen LogP contribution in [0.2, 0.25) is 0 Å². The first kappa shape index (κ1) is 21.1. The van der Waals surface area contributed by atoms with Gasteiger partial charge < -0.3 is 20.7 Å². The second kappa shape index (κ2) is 10.8. The van der Waals surface area contributed by atoms with E-state index in [1.807, 2.05) is 54.6 Å². The van der Waals surface area contributed by atoms with Crippen LogP contribution in [0.4, 0.5) is 0 Å². The lowest BCUT2D eigenvalue weighted by Gasteiger charge is -2.26. The van der Waals surface area contributed by atoms with Crippen molar-refractivity contribution in [2.24, 2.45) is 5.73 Å². The molecule has 1 amide bonds. The third kappa shape index (κ3) is 6.51. The van der Waals surface area contributed by atoms with E-state index < -0.39 is 0 Å². The molecule has 0 aromatic heterocycles. The maximum absolute atomic E-state index is 11.4. The molecule has 0 aliphatic rings. The van der Waals surface area contributed by atoms with Crippen LogP contribution in [0.25, 0.3) is 0 Å². The Balaban J connectivity index is 2.07. The second-order valence-corrected chi connectivity index (χ2v) is 6.29. The molecule has 2 aromatic carbocycles. The van der Waals surface area contributed by atoms with Gasteiger partial charge in [0.2, 0.25) is 5.91 Å². The summed E-state index contributed by atoms with van der Waals surface area (Å²) in [5.41, 5.74) is 7.39. The molecule has 148 valence electrons. The van der Waals surface area contributed by atoms with Crippen LogP contribution in [0.5, 0.6) is 5.75 Å². The number of carbonyl (C=O) groups excluding carboxylic acids is 1. The molecular formula is C21H27N5O2. The average Bonchev–Trinajstić information content (AvgIpc) is 2.75. The topological polar surface area (TPSA) is 115 Å². The maximum Gasteiger partial charge on any atom is 0.234 e. The smallest absolute Gasteiger partial charge is 0.234 e. The van der Waals surface area contributed by atoms with Crippen LogP contribution < -0.4 is 15.8 Å². The first-order chi connectivity index (χ1) is 13.5. The summed E-state index contributed by atoms with van der Waals surface area (Å²) in [6.07, 6.45) is 1.20. The van der Waals surface area contributed by atoms with Crippen molar-refractivity contribution in [2.45, 2.75) is 19.4 Å². The monoisotopic (exact) mass is 381 g/mol. The lowest BCUT2D eigenvalue weighted by atomic mass is 10.1. The first-order valence-corrected chi connectivity index (χ1v) is 9.09. The number of hydrogen-bond donors (Lipinski definition) is 4. The summed E-state index contributed by atoms with van der Waals surface area (Å²) in [5, 5.41) is 19.5. The standard InChI is InChI=1S/C21H27N5O2/c1-28-18-10-7-17(8-11-18)15-26(20(24)14-25-21(27)13-22)19(23)12-9-16-5-3-2-4-6-16/h2-8,10-11,23-24H,9,12-15,22H2,1H3,(H,25,27). The van der Waals surface area contributed by atoms with E-state index in [2.05, 4.69) is 5.32 Å². The molecule has 2 aromatic rings. The summed E-state index contributed by atoms with van der Waals surface area (Å²) in [6.45, 7) is 0.270. The van der Waals surface area contributed by atoms with Crippen LogP contribution in [-0.2, 0) is 17.8 Å². The molecule has 28 heavy (non-hydrogen) atoms. The zero-order valence-electron chi connectivity index (χ0n) is 16.1. The highest BCUT2D eigenvalue weighted by Crippen LogP contribution is 2.14. The van der Waals surface area contributed by atoms with Gasteiger partial charge in [0, 0.05) is 6.42 Å². The van der Waals surface area contributed by atoms with Gasteiger partial charge in [0.25, 0.3) is 0 Å². The Hall–Kier alpha value is -3.19. The van der Waals surface area contributed by atoms with E-state index in [0.29, 0.717) is 25.2 Å². The highest BCUT2D eigenvalue weighted by molar-refractivity contribution is 6.00. The van der Waals surface area contributed by atoms with Crippen molar-refractivity contribution in [3.05, 3.63) is 65.7 Å². The predicted octanol–water partition coefficient (Wildman–Crippen LogP) is 2.16. The van der Waals surface area contributed by atoms with E-state index in [0.717, 1.165) is 16.9 Å². The minimum absolute atomic E-state index is 0.0277. The van der Waals surface area contributed by atoms with Crippen LogP contribution in [0, 0.1) is 10.8 Å². The number of rotatable bonds is 9. The molecular weight excluding hydrogens is 354 g/mol. The highest BCUT2D eigenvalue weighted by atomic mass is 16.5. The molecule has 0 atom stereocenters. The molecule has 0 aliphatic heterocycles. The summed E-state index contributed by atoms with van der Waals surface area (Å²) in [4.78, 5) is 13.0. The van der Waals surface area contributed by atoms with Gasteiger partial charge >= 0.3 is 0 Å². The summed E-state index contributed by atoms with van der Waals surface area (Å²) < 4.78 is 5.18. The van der Waals surface area contributed by atoms with Gasteiger partial charge in [-0.05, 0) is 29.7 Å². The number of carbonyl (C=O) groups is 1. The van der Waals surface area contributed by atoms with Crippen molar-refractivity contribution < 1.29 is 9.53 Å². The average molecular weight is 381 g/mol. The van der Waals surface area contributed by atoms with Crippen LogP contribution in [0.3, 0.4) is 0 Å². The molecule has 0 heterocycles. The summed E-state index contributed by atoms with van der Waals surface area (Å²) >= 11 is 0. The fourth-order valence-electron chi connectivity index (χ4n) is 2.66. The number of amidine groups is 2. The molecule has 7 heteroatoms. The minimum Gasteiger partial charge on any atom is -0.497 e. The molecule has 0 aliphatic carbocycles. The maximum atomic E-state index is 11.4. The molecule has 0 saturated heterocycles. The fourth-order valence-corrected chi connectivity index (χ4v) is 2.66. The Morgan fingerprint density at radius 3 is 2.32 bits per heavy atom. The van der Waals surface area contributed by atoms with E-state index in [1.165, 1.54) is 0 Å². The highest BCUT2D eigenvalue weighted by Gasteiger charge is 2.16. The zero-order valence-corrected chi connectivity index (χ0v) is 16.1. The molecule has 0 saturated carbocycles. The van der Waals surface area contributed by atoms with Gasteiger partial charge in [0.05, 0.1) is 26.7 Å². The summed E-state index contributed by atoms with van der Waals surface area (Å²) in [7, 11) is 1.61. The molecule has 2 rings (SSSR count). The number of nitrogens with zero attached hydrogens (tertiary/aromatic N) is 1. The van der Waals surface area contributed by atoms with Gasteiger partial charge in [-0.1, -0.05) is 42.5 Å². The van der Waals surface area contributed by atoms with Crippen LogP contribution >= 0.6 is 0 Å². The van der Waals surface area contributed by atoms with Gasteiger partial charge in [-0.15, -0.1) is 0 Å². The zero-order chi connectivity index (χ0) is 20.4. The number of methoxy groups -OCH3 is 1. The van der Waals surface area contributed by atoms with E-state index in [4.69, 9.17) is 21.3 Å². The Morgan fingerprint density at radius 2 is 1.71 bits per heavy atom. The molecule has 0 radical (unpaired) electrons. The predicted molar refractivity (Wildman–Crippen MR) is 111 cm³/mol. The van der Waals surface area contributed by atoms with E-state index >= 15 is 0 Å². The lowest BCUT2D eigenvalue weighted by molar-refractivity contribution is -0.119. The molecule has 0 bridgehead atoms. The molecule has 5 N–H and O–H groups in total. The van der Waals surface area contributed by atoms with Crippen molar-refractivity contribution in [3.63, 3.8) is 0 Å². The Kier molecular flexibility index (Phi) is 8.17. The Bertz CT molecular complexity index is 790. The summed E-state index contributed by atoms with van der Waals surface area (Å²) in [6, 6.07) is 17.4. The molecule has 0 fully saturated rings. The Labute approximate surface area is 165 Å². The van der Waals surface area contributed by atoms with Crippen molar-refractivity contribution in [2.75, 3.05) is 20.2 Å². The molecule has 7 nitrogen and oxygen atoms in total. The number of nitrogens with one attached hydrogen (secondary N) is 3. The number of benzene rings is 2. The Morgan fingerprint density at radius 1 is 1.04 bits per heavy atom. The first-order valence-electron chi connectivity index (χ1n) is 9.09. The lowest BCUT2D eigenvalue weighted by Crippen LogP contribution is -2.43. The van der Waals surface area contributed by atoms with Gasteiger partial charge in [-0.3, -0.25) is 15.6 Å². The normalized spacial score (nSPS) is 10.2. The van der Waals surface area contributed by atoms with E-state index in [1.54, 1.807) is 12.0 Å². The van der Waals surface area contributed by atoms with E-state index in [9.17, 15) is 4.79 Å². The van der Waals surface area contributed by atoms with Gasteiger partial charge in [-0.2, -0.15) is 0 Å². The SMILES string of the molecule is COc1ccc(CN(C(=N)CCc2ccccc2)C(=N)CNC(=O)CN)cc1. The number of nitrogens with two attached hydrogens (primary N) is 1. The summed E-state index contributed by atoms with van der Waals surface area (Å²) in [5.74, 6) is 0.895. The minimum atomic E-state index is -0.329. The molecule has 0 unspecified atom stereocenters. The van der Waals surface area contributed by atoms with Crippen molar-refractivity contribution in [1.82, 2.24) is 10.2 Å². The third-order valence-electron chi connectivity index (χ3n) is 4.28. The van der Waals surface area contributed by atoms with Gasteiger partial charge in [0.15, 0.2) is 0 Å². The van der Waals surface area contributed by atoms with Crippen molar-refractivity contribution in [3.8, 4) is 5.75 Å². The number of ether oxygens (including phenoxy) is 1. The van der Waals surface area contributed by atoms with Crippen molar-refractivity contribution >= 4 is 17.6 Å². The van der Waals surface area contributed by atoms with Crippen molar-refractivity contribution in [1.29, 1.82) is 10.8 Å². The van der Waals surface area contributed by atoms with Gasteiger partial charge in [0.1, 0.15) is 17.4 Å². The fraction of sp³-hybridized carbons (Fsp3) is 0.286. The van der Waals surface area contributed by atoms with Gasteiger partial charge in [-0.25, -0.2) is 0 Å². The molecule has 0 spiro atoms. The second-order valence-electron chi connectivity index (χ2n) is 6.29. The van der Waals surface area contributed by atoms with Crippen LogP contribution in [-0.4, -0.2) is 42.7 Å². The van der Waals surface area contributed by atoms with Crippen LogP contribution in [0.1, 0.15) is 17.5 Å². The quantitative estimate of drug-likeness (QED) is 0.393. The van der Waals surface area contributed by atoms with E-state index in [-0.39, 0.29) is 24.8 Å². The largest absolute Gasteiger partial charge is 0.497 e. The number of amides is 1.